The maximum atomic E-state index is 12.7. The standard InChI is InChI=1S/C23H31ClN8O3S/c1-31(2)23(35)13-4-5-14(27-21(33)22(34)28-19-7-6-18(24)29-30-19)16(10-13)25-11-20-26-15-8-9-32(3)12-17(15)36-20/h6-7,13-14,16,25H,4-5,8-12H2,1-3H3,(H,27,33)(H,28,30,34)/t13-,14-,16+/m0/s1. The average Bonchev–Trinajstić information content (AvgIpc) is 3.26. The molecule has 0 bridgehead atoms. The van der Waals surface area contributed by atoms with Gasteiger partial charge in [-0.25, -0.2) is 4.98 Å². The summed E-state index contributed by atoms with van der Waals surface area (Å²) in [5.74, 6) is -1.56. The third-order valence-corrected chi connectivity index (χ3v) is 7.80. The van der Waals surface area contributed by atoms with Crippen LogP contribution in [0.4, 0.5) is 5.82 Å². The predicted molar refractivity (Wildman–Crippen MR) is 136 cm³/mol. The fourth-order valence-electron chi connectivity index (χ4n) is 4.62. The zero-order valence-corrected chi connectivity index (χ0v) is 22.2. The minimum absolute atomic E-state index is 0.0679. The van der Waals surface area contributed by atoms with Crippen molar-refractivity contribution in [2.24, 2.45) is 5.92 Å². The largest absolute Gasteiger partial charge is 0.349 e. The monoisotopic (exact) mass is 534 g/mol. The van der Waals surface area contributed by atoms with E-state index in [-0.39, 0.29) is 34.9 Å². The van der Waals surface area contributed by atoms with Gasteiger partial charge in [-0.2, -0.15) is 0 Å². The minimum Gasteiger partial charge on any atom is -0.349 e. The Morgan fingerprint density at radius 1 is 1.17 bits per heavy atom. The summed E-state index contributed by atoms with van der Waals surface area (Å²) in [6.45, 7) is 2.44. The molecule has 2 aromatic rings. The quantitative estimate of drug-likeness (QED) is 0.468. The van der Waals surface area contributed by atoms with Crippen molar-refractivity contribution in [2.45, 2.75) is 50.9 Å². The van der Waals surface area contributed by atoms with Crippen LogP contribution in [0.25, 0.3) is 0 Å². The number of nitrogens with one attached hydrogen (secondary N) is 3. The zero-order valence-electron chi connectivity index (χ0n) is 20.6. The number of amides is 3. The molecule has 0 saturated heterocycles. The Morgan fingerprint density at radius 3 is 2.69 bits per heavy atom. The number of anilines is 1. The highest BCUT2D eigenvalue weighted by atomic mass is 35.5. The Hall–Kier alpha value is -2.67. The number of rotatable bonds is 6. The molecule has 2 aromatic heterocycles. The van der Waals surface area contributed by atoms with Crippen molar-refractivity contribution < 1.29 is 14.4 Å². The van der Waals surface area contributed by atoms with Crippen molar-refractivity contribution >= 4 is 46.5 Å². The molecule has 3 heterocycles. The molecule has 3 N–H and O–H groups in total. The van der Waals surface area contributed by atoms with Crippen molar-refractivity contribution in [3.05, 3.63) is 32.9 Å². The number of thiazole rings is 1. The second-order valence-corrected chi connectivity index (χ2v) is 11.0. The van der Waals surface area contributed by atoms with E-state index < -0.39 is 11.8 Å². The Labute approximate surface area is 219 Å². The van der Waals surface area contributed by atoms with Gasteiger partial charge in [0.25, 0.3) is 0 Å². The molecule has 3 atom stereocenters. The van der Waals surface area contributed by atoms with Gasteiger partial charge in [-0.1, -0.05) is 11.6 Å². The van der Waals surface area contributed by atoms with Gasteiger partial charge >= 0.3 is 11.8 Å². The van der Waals surface area contributed by atoms with E-state index in [9.17, 15) is 14.4 Å². The first-order chi connectivity index (χ1) is 17.2. The third-order valence-electron chi connectivity index (χ3n) is 6.52. The molecule has 3 amide bonds. The maximum absolute atomic E-state index is 12.7. The van der Waals surface area contributed by atoms with E-state index in [0.717, 1.165) is 30.2 Å². The Morgan fingerprint density at radius 2 is 1.97 bits per heavy atom. The van der Waals surface area contributed by atoms with Crippen LogP contribution in [0.5, 0.6) is 0 Å². The first-order valence-electron chi connectivity index (χ1n) is 11.9. The van der Waals surface area contributed by atoms with Crippen molar-refractivity contribution in [2.75, 3.05) is 33.0 Å². The SMILES string of the molecule is CN1CCc2nc(CN[C@@H]3C[C@@H](C(=O)N(C)C)CC[C@@H]3NC(=O)C(=O)Nc3ccc(Cl)nn3)sc2C1. The molecule has 0 radical (unpaired) electrons. The Kier molecular flexibility index (Phi) is 8.50. The lowest BCUT2D eigenvalue weighted by Crippen LogP contribution is -2.56. The number of hydrogen-bond acceptors (Lipinski definition) is 9. The second-order valence-electron chi connectivity index (χ2n) is 9.47. The van der Waals surface area contributed by atoms with Gasteiger partial charge in [0.2, 0.25) is 5.91 Å². The summed E-state index contributed by atoms with van der Waals surface area (Å²) in [6, 6.07) is 2.43. The first kappa shape index (κ1) is 26.4. The number of carbonyl (C=O) groups is 3. The van der Waals surface area contributed by atoms with Crippen molar-refractivity contribution in [1.29, 1.82) is 0 Å². The molecular weight excluding hydrogens is 504 g/mol. The molecule has 194 valence electrons. The highest BCUT2D eigenvalue weighted by molar-refractivity contribution is 7.11. The number of nitrogens with zero attached hydrogens (tertiary/aromatic N) is 5. The van der Waals surface area contributed by atoms with E-state index >= 15 is 0 Å². The molecule has 0 unspecified atom stereocenters. The number of hydrogen-bond donors (Lipinski definition) is 3. The highest BCUT2D eigenvalue weighted by Crippen LogP contribution is 2.28. The summed E-state index contributed by atoms with van der Waals surface area (Å²) >= 11 is 7.41. The fraction of sp³-hybridized carbons (Fsp3) is 0.565. The third kappa shape index (κ3) is 6.55. The maximum Gasteiger partial charge on any atom is 0.314 e. The van der Waals surface area contributed by atoms with Gasteiger partial charge in [-0.15, -0.1) is 21.5 Å². The summed E-state index contributed by atoms with van der Waals surface area (Å²) in [4.78, 5) is 47.7. The summed E-state index contributed by atoms with van der Waals surface area (Å²) < 4.78 is 0. The highest BCUT2D eigenvalue weighted by Gasteiger charge is 2.36. The van der Waals surface area contributed by atoms with Crippen LogP contribution in [0.1, 0.15) is 34.8 Å². The zero-order chi connectivity index (χ0) is 25.8. The van der Waals surface area contributed by atoms with Crippen molar-refractivity contribution in [1.82, 2.24) is 35.6 Å². The van der Waals surface area contributed by atoms with E-state index in [4.69, 9.17) is 16.6 Å². The molecular formula is C23H31ClN8O3S. The van der Waals surface area contributed by atoms with Gasteiger partial charge in [0, 0.05) is 63.0 Å². The molecule has 1 saturated carbocycles. The van der Waals surface area contributed by atoms with Crippen LogP contribution in [0, 0.1) is 5.92 Å². The molecule has 2 aliphatic rings. The number of halogens is 1. The van der Waals surface area contributed by atoms with Crippen LogP contribution in [-0.2, 0) is 33.9 Å². The summed E-state index contributed by atoms with van der Waals surface area (Å²) in [5, 5.41) is 17.4. The van der Waals surface area contributed by atoms with Crippen molar-refractivity contribution in [3.8, 4) is 0 Å². The number of likely N-dealkylation sites (N-methyl/N-ethyl adjacent to an activating group) is 1. The van der Waals surface area contributed by atoms with E-state index in [1.165, 1.54) is 17.0 Å². The van der Waals surface area contributed by atoms with Gasteiger partial charge in [-0.3, -0.25) is 14.4 Å². The van der Waals surface area contributed by atoms with Gasteiger partial charge in [-0.05, 0) is 38.4 Å². The van der Waals surface area contributed by atoms with Gasteiger partial charge in [0.05, 0.1) is 5.69 Å². The van der Waals surface area contributed by atoms with Crippen molar-refractivity contribution in [3.63, 3.8) is 0 Å². The summed E-state index contributed by atoms with van der Waals surface area (Å²) in [7, 11) is 5.60. The lowest BCUT2D eigenvalue weighted by atomic mass is 9.81. The normalized spacial score (nSPS) is 21.9. The van der Waals surface area contributed by atoms with Gasteiger partial charge in [0.15, 0.2) is 11.0 Å². The summed E-state index contributed by atoms with van der Waals surface area (Å²) in [5.41, 5.74) is 1.16. The second kappa shape index (κ2) is 11.6. The van der Waals surface area contributed by atoms with Crippen LogP contribution >= 0.6 is 22.9 Å². The topological polar surface area (TPSA) is 132 Å². The fourth-order valence-corrected chi connectivity index (χ4v) is 5.87. The number of carbonyl (C=O) groups excluding carboxylic acids is 3. The summed E-state index contributed by atoms with van der Waals surface area (Å²) in [6.07, 6.45) is 2.69. The average molecular weight is 535 g/mol. The molecule has 1 aliphatic carbocycles. The molecule has 0 aromatic carbocycles. The molecule has 0 spiro atoms. The first-order valence-corrected chi connectivity index (χ1v) is 13.1. The van der Waals surface area contributed by atoms with E-state index in [2.05, 4.69) is 38.1 Å². The van der Waals surface area contributed by atoms with Crippen LogP contribution in [-0.4, -0.2) is 82.5 Å². The lowest BCUT2D eigenvalue weighted by molar-refractivity contribution is -0.137. The van der Waals surface area contributed by atoms with E-state index in [1.54, 1.807) is 30.3 Å². The lowest BCUT2D eigenvalue weighted by Gasteiger charge is -2.37. The number of aromatic nitrogens is 3. The Bertz CT molecular complexity index is 1110. The van der Waals surface area contributed by atoms with E-state index in [0.29, 0.717) is 25.8 Å². The smallest absolute Gasteiger partial charge is 0.314 e. The molecule has 36 heavy (non-hydrogen) atoms. The molecule has 1 aliphatic heterocycles. The van der Waals surface area contributed by atoms with Crippen LogP contribution in [0.15, 0.2) is 12.1 Å². The minimum atomic E-state index is -0.839. The van der Waals surface area contributed by atoms with Crippen LogP contribution < -0.4 is 16.0 Å². The van der Waals surface area contributed by atoms with Gasteiger partial charge < -0.3 is 25.8 Å². The molecule has 1 fully saturated rings. The molecule has 13 heteroatoms. The number of fused-ring (bicyclic) bond motifs is 1. The predicted octanol–water partition coefficient (Wildman–Crippen LogP) is 1.04. The van der Waals surface area contributed by atoms with E-state index in [1.807, 2.05) is 0 Å². The molecule has 4 rings (SSSR count). The Balaban J connectivity index is 1.41. The van der Waals surface area contributed by atoms with Crippen LogP contribution in [0.2, 0.25) is 5.15 Å². The molecule has 11 nitrogen and oxygen atoms in total. The van der Waals surface area contributed by atoms with Crippen LogP contribution in [0.3, 0.4) is 0 Å². The van der Waals surface area contributed by atoms with Gasteiger partial charge in [0.1, 0.15) is 5.01 Å².